The van der Waals surface area contributed by atoms with E-state index >= 15 is 0 Å². The number of piperazine rings is 1. The van der Waals surface area contributed by atoms with E-state index in [-0.39, 0.29) is 29.8 Å². The summed E-state index contributed by atoms with van der Waals surface area (Å²) < 4.78 is 13.1. The standard InChI is InChI=1S/C21H29FN6.HI/c1-23-21(27(3)16-17-6-8-19(22)9-7-17)25-15-18-5-4-10-24-20(18)28-13-11-26(2)12-14-28;/h4-10H,11-16H2,1-3H3,(H,23,25);1H. The normalized spacial score (nSPS) is 15.0. The molecule has 2 aromatic rings. The van der Waals surface area contributed by atoms with Gasteiger partial charge in [0.2, 0.25) is 0 Å². The number of guanidine groups is 1. The number of anilines is 1. The molecule has 6 nitrogen and oxygen atoms in total. The maximum atomic E-state index is 13.1. The first kappa shape index (κ1) is 23.3. The van der Waals surface area contributed by atoms with Crippen LogP contribution < -0.4 is 10.2 Å². The number of nitrogens with zero attached hydrogens (tertiary/aromatic N) is 5. The Hall–Kier alpha value is -1.94. The highest BCUT2D eigenvalue weighted by Crippen LogP contribution is 2.18. The number of aromatic nitrogens is 1. The van der Waals surface area contributed by atoms with Crippen LogP contribution >= 0.6 is 24.0 Å². The Balaban J connectivity index is 0.00000300. The molecule has 0 unspecified atom stereocenters. The van der Waals surface area contributed by atoms with Crippen LogP contribution in [0.25, 0.3) is 0 Å². The van der Waals surface area contributed by atoms with Crippen molar-refractivity contribution in [2.24, 2.45) is 4.99 Å². The summed E-state index contributed by atoms with van der Waals surface area (Å²) in [6.07, 6.45) is 1.85. The van der Waals surface area contributed by atoms with Gasteiger partial charge in [-0.3, -0.25) is 4.99 Å². The van der Waals surface area contributed by atoms with E-state index in [2.05, 4.69) is 38.2 Å². The molecule has 0 atom stereocenters. The van der Waals surface area contributed by atoms with Crippen LogP contribution in [0.5, 0.6) is 0 Å². The van der Waals surface area contributed by atoms with Crippen molar-refractivity contribution in [2.75, 3.05) is 52.2 Å². The van der Waals surface area contributed by atoms with Crippen LogP contribution in [-0.2, 0) is 13.1 Å². The molecule has 0 saturated carbocycles. The lowest BCUT2D eigenvalue weighted by Gasteiger charge is -2.34. The maximum Gasteiger partial charge on any atom is 0.193 e. The Kier molecular flexibility index (Phi) is 9.09. The molecule has 0 bridgehead atoms. The van der Waals surface area contributed by atoms with E-state index in [1.807, 2.05) is 24.2 Å². The minimum absolute atomic E-state index is 0. The van der Waals surface area contributed by atoms with Gasteiger partial charge >= 0.3 is 0 Å². The summed E-state index contributed by atoms with van der Waals surface area (Å²) in [5.41, 5.74) is 2.19. The Bertz CT molecular complexity index is 790. The SMILES string of the molecule is CN=C(NCc1cccnc1N1CCN(C)CC1)N(C)Cc1ccc(F)cc1.I. The van der Waals surface area contributed by atoms with Crippen LogP contribution in [0.2, 0.25) is 0 Å². The number of halogens is 2. The predicted octanol–water partition coefficient (Wildman–Crippen LogP) is 2.80. The van der Waals surface area contributed by atoms with E-state index in [1.54, 1.807) is 19.2 Å². The molecular weight excluding hydrogens is 482 g/mol. The molecule has 3 rings (SSSR count). The number of likely N-dealkylation sites (N-methyl/N-ethyl adjacent to an activating group) is 1. The zero-order chi connectivity index (χ0) is 19.9. The lowest BCUT2D eigenvalue weighted by atomic mass is 10.2. The smallest absolute Gasteiger partial charge is 0.193 e. The second-order valence-electron chi connectivity index (χ2n) is 7.16. The summed E-state index contributed by atoms with van der Waals surface area (Å²) >= 11 is 0. The Morgan fingerprint density at radius 2 is 1.86 bits per heavy atom. The van der Waals surface area contributed by atoms with Gasteiger partial charge in [-0.1, -0.05) is 18.2 Å². The molecule has 0 radical (unpaired) electrons. The van der Waals surface area contributed by atoms with E-state index in [9.17, 15) is 4.39 Å². The molecule has 2 heterocycles. The second kappa shape index (κ2) is 11.3. The van der Waals surface area contributed by atoms with Crippen molar-refractivity contribution in [3.05, 3.63) is 59.5 Å². The monoisotopic (exact) mass is 512 g/mol. The molecule has 1 aliphatic heterocycles. The highest BCUT2D eigenvalue weighted by molar-refractivity contribution is 14.0. The molecule has 29 heavy (non-hydrogen) atoms. The molecule has 158 valence electrons. The lowest BCUT2D eigenvalue weighted by Crippen LogP contribution is -2.45. The molecule has 1 aliphatic rings. The number of pyridine rings is 1. The van der Waals surface area contributed by atoms with Gasteiger partial charge in [0, 0.05) is 65.1 Å². The Labute approximate surface area is 189 Å². The van der Waals surface area contributed by atoms with Crippen molar-refractivity contribution in [3.8, 4) is 0 Å². The summed E-state index contributed by atoms with van der Waals surface area (Å²) in [4.78, 5) is 15.7. The van der Waals surface area contributed by atoms with Crippen LogP contribution in [0.4, 0.5) is 10.2 Å². The first-order chi connectivity index (χ1) is 13.6. The number of aliphatic imine (C=N–C) groups is 1. The summed E-state index contributed by atoms with van der Waals surface area (Å²) in [7, 11) is 5.90. The third-order valence-corrected chi connectivity index (χ3v) is 5.01. The first-order valence-corrected chi connectivity index (χ1v) is 9.60. The van der Waals surface area contributed by atoms with Crippen molar-refractivity contribution < 1.29 is 4.39 Å². The van der Waals surface area contributed by atoms with Gasteiger partial charge in [0.05, 0.1) is 0 Å². The van der Waals surface area contributed by atoms with Crippen molar-refractivity contribution in [2.45, 2.75) is 13.1 Å². The van der Waals surface area contributed by atoms with E-state index in [0.717, 1.165) is 49.1 Å². The van der Waals surface area contributed by atoms with Crippen molar-refractivity contribution in [3.63, 3.8) is 0 Å². The molecule has 0 amide bonds. The molecule has 1 saturated heterocycles. The highest BCUT2D eigenvalue weighted by Gasteiger charge is 2.18. The van der Waals surface area contributed by atoms with Gasteiger partial charge < -0.3 is 20.0 Å². The quantitative estimate of drug-likeness (QED) is 0.380. The minimum atomic E-state index is -0.220. The molecule has 1 N–H and O–H groups in total. The zero-order valence-electron chi connectivity index (χ0n) is 17.3. The van der Waals surface area contributed by atoms with Crippen molar-refractivity contribution >= 4 is 35.8 Å². The Morgan fingerprint density at radius 1 is 1.17 bits per heavy atom. The third-order valence-electron chi connectivity index (χ3n) is 5.01. The molecule has 0 aliphatic carbocycles. The number of benzene rings is 1. The minimum Gasteiger partial charge on any atom is -0.354 e. The number of hydrogen-bond donors (Lipinski definition) is 1. The van der Waals surface area contributed by atoms with Crippen LogP contribution in [0.15, 0.2) is 47.6 Å². The lowest BCUT2D eigenvalue weighted by molar-refractivity contribution is 0.311. The van der Waals surface area contributed by atoms with Crippen LogP contribution in [0.1, 0.15) is 11.1 Å². The largest absolute Gasteiger partial charge is 0.354 e. The number of nitrogens with one attached hydrogen (secondary N) is 1. The zero-order valence-corrected chi connectivity index (χ0v) is 19.6. The maximum absolute atomic E-state index is 13.1. The second-order valence-corrected chi connectivity index (χ2v) is 7.16. The average Bonchev–Trinajstić information content (AvgIpc) is 2.71. The predicted molar refractivity (Wildman–Crippen MR) is 127 cm³/mol. The van der Waals surface area contributed by atoms with Gasteiger partial charge in [0.1, 0.15) is 11.6 Å². The topological polar surface area (TPSA) is 47.0 Å². The molecule has 1 fully saturated rings. The van der Waals surface area contributed by atoms with Crippen LogP contribution in [0.3, 0.4) is 0 Å². The van der Waals surface area contributed by atoms with E-state index < -0.39 is 0 Å². The van der Waals surface area contributed by atoms with Gasteiger partial charge in [-0.15, -0.1) is 24.0 Å². The van der Waals surface area contributed by atoms with Crippen LogP contribution in [-0.4, -0.2) is 68.1 Å². The average molecular weight is 512 g/mol. The fourth-order valence-electron chi connectivity index (χ4n) is 3.37. The summed E-state index contributed by atoms with van der Waals surface area (Å²) in [6, 6.07) is 10.6. The van der Waals surface area contributed by atoms with Gasteiger partial charge in [0.25, 0.3) is 0 Å². The fourth-order valence-corrected chi connectivity index (χ4v) is 3.37. The van der Waals surface area contributed by atoms with E-state index in [1.165, 1.54) is 12.1 Å². The number of rotatable bonds is 5. The summed E-state index contributed by atoms with van der Waals surface area (Å²) in [5, 5.41) is 3.43. The van der Waals surface area contributed by atoms with Gasteiger partial charge in [-0.2, -0.15) is 0 Å². The molecule has 8 heteroatoms. The van der Waals surface area contributed by atoms with Crippen molar-refractivity contribution in [1.29, 1.82) is 0 Å². The molecular formula is C21H30FIN6. The van der Waals surface area contributed by atoms with Crippen molar-refractivity contribution in [1.82, 2.24) is 20.1 Å². The highest BCUT2D eigenvalue weighted by atomic mass is 127. The van der Waals surface area contributed by atoms with Gasteiger partial charge in [0.15, 0.2) is 5.96 Å². The molecule has 1 aromatic carbocycles. The summed E-state index contributed by atoms with van der Waals surface area (Å²) in [5.74, 6) is 1.61. The van der Waals surface area contributed by atoms with E-state index in [0.29, 0.717) is 13.1 Å². The Morgan fingerprint density at radius 3 is 2.52 bits per heavy atom. The first-order valence-electron chi connectivity index (χ1n) is 9.60. The van der Waals surface area contributed by atoms with E-state index in [4.69, 9.17) is 0 Å². The third kappa shape index (κ3) is 6.53. The molecule has 1 aromatic heterocycles. The van der Waals surface area contributed by atoms with Gasteiger partial charge in [-0.05, 0) is 30.8 Å². The fraction of sp³-hybridized carbons (Fsp3) is 0.429. The van der Waals surface area contributed by atoms with Gasteiger partial charge in [-0.25, -0.2) is 9.37 Å². The number of hydrogen-bond acceptors (Lipinski definition) is 4. The summed E-state index contributed by atoms with van der Waals surface area (Å²) in [6.45, 7) is 5.37. The molecule has 0 spiro atoms. The van der Waals surface area contributed by atoms with Crippen LogP contribution in [0, 0.1) is 5.82 Å².